The molecule has 0 aliphatic carbocycles. The molecule has 0 unspecified atom stereocenters. The van der Waals surface area contributed by atoms with Crippen LogP contribution in [-0.2, 0) is 9.59 Å². The summed E-state index contributed by atoms with van der Waals surface area (Å²) in [7, 11) is 1.53. The number of benzene rings is 2. The second-order valence-corrected chi connectivity index (χ2v) is 7.72. The van der Waals surface area contributed by atoms with E-state index in [1.165, 1.54) is 18.9 Å². The van der Waals surface area contributed by atoms with Gasteiger partial charge in [-0.3, -0.25) is 9.59 Å². The second kappa shape index (κ2) is 9.15. The van der Waals surface area contributed by atoms with Crippen molar-refractivity contribution >= 4 is 34.8 Å². The molecule has 0 saturated heterocycles. The van der Waals surface area contributed by atoms with E-state index in [0.29, 0.717) is 39.0 Å². The highest BCUT2D eigenvalue weighted by Crippen LogP contribution is 2.39. The van der Waals surface area contributed by atoms with Crippen LogP contribution in [0.3, 0.4) is 0 Å². The number of hydrogen-bond acceptors (Lipinski definition) is 6. The zero-order valence-electron chi connectivity index (χ0n) is 16.5. The molecule has 3 rings (SSSR count). The number of imide groups is 1. The van der Waals surface area contributed by atoms with E-state index in [9.17, 15) is 14.7 Å². The van der Waals surface area contributed by atoms with Crippen molar-refractivity contribution in [2.45, 2.75) is 20.0 Å². The number of carbonyl (C=O) groups is 2. The van der Waals surface area contributed by atoms with Crippen LogP contribution in [0.5, 0.6) is 11.5 Å². The van der Waals surface area contributed by atoms with Crippen molar-refractivity contribution in [1.29, 1.82) is 0 Å². The molecule has 1 aliphatic heterocycles. The van der Waals surface area contributed by atoms with Gasteiger partial charge >= 0.3 is 0 Å². The monoisotopic (exact) mass is 413 g/mol. The van der Waals surface area contributed by atoms with E-state index in [2.05, 4.69) is 0 Å². The summed E-state index contributed by atoms with van der Waals surface area (Å²) in [5.74, 6) is 0.755. The lowest BCUT2D eigenvalue weighted by Crippen LogP contribution is -2.31. The Morgan fingerprint density at radius 2 is 1.76 bits per heavy atom. The molecule has 1 heterocycles. The Balaban J connectivity index is 2.00. The van der Waals surface area contributed by atoms with Gasteiger partial charge in [0.15, 0.2) is 0 Å². The van der Waals surface area contributed by atoms with Gasteiger partial charge < -0.3 is 14.6 Å². The number of ether oxygens (including phenoxy) is 2. The molecule has 2 aromatic rings. The molecule has 0 spiro atoms. The second-order valence-electron chi connectivity index (χ2n) is 6.61. The maximum absolute atomic E-state index is 13.3. The molecule has 2 amide bonds. The summed E-state index contributed by atoms with van der Waals surface area (Å²) in [6, 6.07) is 13.9. The van der Waals surface area contributed by atoms with Crippen LogP contribution in [0.15, 0.2) is 53.4 Å². The highest BCUT2D eigenvalue weighted by molar-refractivity contribution is 8.04. The summed E-state index contributed by atoms with van der Waals surface area (Å²) >= 11 is 1.18. The molecule has 2 aromatic carbocycles. The Morgan fingerprint density at radius 3 is 2.38 bits per heavy atom. The average molecular weight is 413 g/mol. The van der Waals surface area contributed by atoms with Crippen molar-refractivity contribution in [1.82, 2.24) is 0 Å². The molecular formula is C22H23NO5S. The number of amides is 2. The number of nitrogens with zero attached hydrogens (tertiary/aromatic N) is 1. The standard InChI is InChI=1S/C22H23NO5S/c1-14(2)28-17-9-7-15(8-10-17)19-20(29-12-11-24)22(26)23(21(19)25)16-5-4-6-18(13-16)27-3/h4-10,13-14,24H,11-12H2,1-3H3. The maximum Gasteiger partial charge on any atom is 0.272 e. The van der Waals surface area contributed by atoms with Crippen molar-refractivity contribution in [3.63, 3.8) is 0 Å². The topological polar surface area (TPSA) is 76.1 Å². The van der Waals surface area contributed by atoms with Gasteiger partial charge in [-0.05, 0) is 43.7 Å². The zero-order chi connectivity index (χ0) is 21.0. The molecule has 29 heavy (non-hydrogen) atoms. The third-order valence-corrected chi connectivity index (χ3v) is 5.26. The number of methoxy groups -OCH3 is 1. The summed E-state index contributed by atoms with van der Waals surface area (Å²) in [5, 5.41) is 9.22. The van der Waals surface area contributed by atoms with Gasteiger partial charge in [0.05, 0.1) is 36.0 Å². The summed E-state index contributed by atoms with van der Waals surface area (Å²) in [5.41, 5.74) is 1.40. The molecule has 0 saturated carbocycles. The van der Waals surface area contributed by atoms with Gasteiger partial charge in [0.25, 0.3) is 11.8 Å². The van der Waals surface area contributed by atoms with E-state index in [1.54, 1.807) is 48.5 Å². The molecular weight excluding hydrogens is 390 g/mol. The van der Waals surface area contributed by atoms with Crippen LogP contribution in [0.4, 0.5) is 5.69 Å². The summed E-state index contributed by atoms with van der Waals surface area (Å²) in [6.07, 6.45) is 0.0361. The minimum atomic E-state index is -0.404. The molecule has 0 radical (unpaired) electrons. The lowest BCUT2D eigenvalue weighted by molar-refractivity contribution is -0.119. The van der Waals surface area contributed by atoms with Gasteiger partial charge in [0, 0.05) is 11.8 Å². The first-order valence-electron chi connectivity index (χ1n) is 9.24. The Hall–Kier alpha value is -2.77. The molecule has 0 fully saturated rings. The van der Waals surface area contributed by atoms with E-state index < -0.39 is 11.8 Å². The van der Waals surface area contributed by atoms with Gasteiger partial charge in [-0.25, -0.2) is 4.90 Å². The van der Waals surface area contributed by atoms with Crippen molar-refractivity contribution in [2.24, 2.45) is 0 Å². The average Bonchev–Trinajstić information content (AvgIpc) is 2.96. The van der Waals surface area contributed by atoms with Crippen molar-refractivity contribution in [3.8, 4) is 11.5 Å². The predicted octanol–water partition coefficient (Wildman–Crippen LogP) is 3.49. The quantitative estimate of drug-likeness (QED) is 0.668. The normalized spacial score (nSPS) is 14.2. The van der Waals surface area contributed by atoms with Crippen LogP contribution >= 0.6 is 11.8 Å². The molecule has 6 nitrogen and oxygen atoms in total. The molecule has 0 aromatic heterocycles. The Bertz CT molecular complexity index is 936. The maximum atomic E-state index is 13.3. The Morgan fingerprint density at radius 1 is 1.03 bits per heavy atom. The number of anilines is 1. The molecule has 152 valence electrons. The van der Waals surface area contributed by atoms with Gasteiger partial charge in [-0.1, -0.05) is 18.2 Å². The number of carbonyl (C=O) groups excluding carboxylic acids is 2. The molecule has 7 heteroatoms. The minimum absolute atomic E-state index is 0.0361. The van der Waals surface area contributed by atoms with Crippen molar-refractivity contribution < 1.29 is 24.2 Å². The summed E-state index contributed by atoms with van der Waals surface area (Å²) < 4.78 is 10.9. The predicted molar refractivity (Wildman–Crippen MR) is 114 cm³/mol. The number of thioether (sulfide) groups is 1. The first kappa shape index (κ1) is 21.0. The van der Waals surface area contributed by atoms with Gasteiger partial charge in [0.1, 0.15) is 11.5 Å². The van der Waals surface area contributed by atoms with Crippen LogP contribution in [-0.4, -0.2) is 42.5 Å². The van der Waals surface area contributed by atoms with E-state index in [-0.39, 0.29) is 12.7 Å². The van der Waals surface area contributed by atoms with Gasteiger partial charge in [-0.15, -0.1) is 11.8 Å². The SMILES string of the molecule is COc1cccc(N2C(=O)C(SCCO)=C(c3ccc(OC(C)C)cc3)C2=O)c1. The first-order chi connectivity index (χ1) is 14.0. The fraction of sp³-hybridized carbons (Fsp3) is 0.273. The molecule has 0 atom stereocenters. The minimum Gasteiger partial charge on any atom is -0.497 e. The van der Waals surface area contributed by atoms with E-state index in [0.717, 1.165) is 4.90 Å². The lowest BCUT2D eigenvalue weighted by Gasteiger charge is -2.16. The van der Waals surface area contributed by atoms with E-state index in [1.807, 2.05) is 13.8 Å². The van der Waals surface area contributed by atoms with Crippen LogP contribution in [0.1, 0.15) is 19.4 Å². The third-order valence-electron chi connectivity index (χ3n) is 4.21. The van der Waals surface area contributed by atoms with Gasteiger partial charge in [0.2, 0.25) is 0 Å². The fourth-order valence-electron chi connectivity index (χ4n) is 3.00. The van der Waals surface area contributed by atoms with Crippen molar-refractivity contribution in [2.75, 3.05) is 24.4 Å². The number of rotatable bonds is 8. The largest absolute Gasteiger partial charge is 0.497 e. The lowest BCUT2D eigenvalue weighted by atomic mass is 10.1. The number of aliphatic hydroxyl groups excluding tert-OH is 1. The number of hydrogen-bond donors (Lipinski definition) is 1. The smallest absolute Gasteiger partial charge is 0.272 e. The highest BCUT2D eigenvalue weighted by atomic mass is 32.2. The Labute approximate surface area is 174 Å². The van der Waals surface area contributed by atoms with Crippen LogP contribution in [0, 0.1) is 0 Å². The van der Waals surface area contributed by atoms with E-state index >= 15 is 0 Å². The molecule has 1 aliphatic rings. The highest BCUT2D eigenvalue weighted by Gasteiger charge is 2.40. The van der Waals surface area contributed by atoms with Crippen LogP contribution in [0.2, 0.25) is 0 Å². The third kappa shape index (κ3) is 4.46. The van der Waals surface area contributed by atoms with Gasteiger partial charge in [-0.2, -0.15) is 0 Å². The molecule has 0 bridgehead atoms. The molecule has 1 N–H and O–H groups in total. The van der Waals surface area contributed by atoms with Crippen molar-refractivity contribution in [3.05, 3.63) is 59.0 Å². The Kier molecular flexibility index (Phi) is 6.61. The first-order valence-corrected chi connectivity index (χ1v) is 10.2. The zero-order valence-corrected chi connectivity index (χ0v) is 17.4. The summed E-state index contributed by atoms with van der Waals surface area (Å²) in [6.45, 7) is 3.78. The summed E-state index contributed by atoms with van der Waals surface area (Å²) in [4.78, 5) is 27.8. The van der Waals surface area contributed by atoms with Crippen LogP contribution in [0.25, 0.3) is 5.57 Å². The van der Waals surface area contributed by atoms with Crippen LogP contribution < -0.4 is 14.4 Å². The van der Waals surface area contributed by atoms with E-state index in [4.69, 9.17) is 9.47 Å². The number of aliphatic hydroxyl groups is 1. The fourth-order valence-corrected chi connectivity index (χ4v) is 3.86.